The van der Waals surface area contributed by atoms with Crippen LogP contribution in [0.4, 0.5) is 10.5 Å². The summed E-state index contributed by atoms with van der Waals surface area (Å²) in [5.74, 6) is 1.59. The molecule has 2 fully saturated rings. The van der Waals surface area contributed by atoms with E-state index in [0.29, 0.717) is 52.6 Å². The molecule has 9 nitrogen and oxygen atoms in total. The molecule has 2 heterocycles. The van der Waals surface area contributed by atoms with Crippen LogP contribution in [0.3, 0.4) is 0 Å². The van der Waals surface area contributed by atoms with E-state index in [4.69, 9.17) is 21.1 Å². The number of unbranched alkanes of at least 4 members (excludes halogenated alkanes) is 1. The first kappa shape index (κ1) is 31.1. The first-order valence-electron chi connectivity index (χ1n) is 13.9. The minimum Gasteiger partial charge on any atom is -0.494 e. The third kappa shape index (κ3) is 8.39. The molecule has 0 atom stereocenters. The summed E-state index contributed by atoms with van der Waals surface area (Å²) in [4.78, 5) is 29.6. The topological polar surface area (TPSA) is 96.5 Å². The number of ether oxygens (including phenoxy) is 2. The minimum absolute atomic E-state index is 0.342. The molecule has 2 saturated heterocycles. The molecule has 43 heavy (non-hydrogen) atoms. The van der Waals surface area contributed by atoms with Crippen LogP contribution in [-0.2, 0) is 14.8 Å². The van der Waals surface area contributed by atoms with Crippen LogP contribution in [0.1, 0.15) is 18.4 Å². The second kappa shape index (κ2) is 14.0. The molecule has 3 aromatic carbocycles. The van der Waals surface area contributed by atoms with Gasteiger partial charge in [-0.2, -0.15) is 4.31 Å². The lowest BCUT2D eigenvalue weighted by Gasteiger charge is -2.33. The maximum absolute atomic E-state index is 13.1. The molecule has 3 aromatic rings. The van der Waals surface area contributed by atoms with Crippen molar-refractivity contribution in [3.63, 3.8) is 0 Å². The van der Waals surface area contributed by atoms with Gasteiger partial charge in [0.15, 0.2) is 0 Å². The van der Waals surface area contributed by atoms with Crippen LogP contribution in [0.5, 0.6) is 17.2 Å². The van der Waals surface area contributed by atoms with Crippen molar-refractivity contribution >= 4 is 56.3 Å². The quantitative estimate of drug-likeness (QED) is 0.183. The Hall–Kier alpha value is -3.35. The summed E-state index contributed by atoms with van der Waals surface area (Å²) in [6.45, 7) is 3.99. The largest absolute Gasteiger partial charge is 0.494 e. The van der Waals surface area contributed by atoms with E-state index >= 15 is 0 Å². The van der Waals surface area contributed by atoms with Gasteiger partial charge in [0, 0.05) is 31.2 Å². The predicted molar refractivity (Wildman–Crippen MR) is 170 cm³/mol. The molecular formula is C31H32ClN3O6S2. The SMILES string of the molecule is CS(=O)(=O)N1CCN(CCCCOc2ccc(N3C(=O)SC(=Cc4ccc(Oc5ccc(Cl)cc5)cc4)C3=O)cc2)CC1. The summed E-state index contributed by atoms with van der Waals surface area (Å²) < 4.78 is 36.5. The Balaban J connectivity index is 1.08. The number of benzene rings is 3. The van der Waals surface area contributed by atoms with Gasteiger partial charge in [-0.15, -0.1) is 0 Å². The van der Waals surface area contributed by atoms with Gasteiger partial charge < -0.3 is 14.4 Å². The molecule has 0 unspecified atom stereocenters. The molecule has 0 bridgehead atoms. The van der Waals surface area contributed by atoms with E-state index < -0.39 is 10.0 Å². The minimum atomic E-state index is -3.11. The van der Waals surface area contributed by atoms with E-state index in [0.717, 1.165) is 49.8 Å². The summed E-state index contributed by atoms with van der Waals surface area (Å²) >= 11 is 6.82. The lowest BCUT2D eigenvalue weighted by Crippen LogP contribution is -2.48. The molecule has 5 rings (SSSR count). The number of carbonyl (C=O) groups is 2. The average molecular weight is 642 g/mol. The van der Waals surface area contributed by atoms with Gasteiger partial charge in [0.05, 0.1) is 23.5 Å². The Morgan fingerprint density at radius 3 is 2.07 bits per heavy atom. The average Bonchev–Trinajstić information content (AvgIpc) is 3.27. The number of sulfonamides is 1. The highest BCUT2D eigenvalue weighted by atomic mass is 35.5. The maximum atomic E-state index is 13.1. The molecule has 12 heteroatoms. The van der Waals surface area contributed by atoms with E-state index in [1.807, 2.05) is 12.1 Å². The highest BCUT2D eigenvalue weighted by molar-refractivity contribution is 8.19. The summed E-state index contributed by atoms with van der Waals surface area (Å²) in [6, 6.07) is 21.2. The third-order valence-corrected chi connectivity index (χ3v) is 9.48. The molecule has 2 amide bonds. The number of piperazine rings is 1. The highest BCUT2D eigenvalue weighted by Crippen LogP contribution is 2.36. The van der Waals surface area contributed by atoms with Gasteiger partial charge in [-0.05, 0) is 103 Å². The molecule has 0 radical (unpaired) electrons. The van der Waals surface area contributed by atoms with E-state index in [-0.39, 0.29) is 11.1 Å². The lowest BCUT2D eigenvalue weighted by molar-refractivity contribution is -0.113. The van der Waals surface area contributed by atoms with Crippen LogP contribution < -0.4 is 14.4 Å². The van der Waals surface area contributed by atoms with Crippen molar-refractivity contribution in [2.45, 2.75) is 12.8 Å². The molecule has 0 N–H and O–H groups in total. The molecule has 226 valence electrons. The van der Waals surface area contributed by atoms with Crippen LogP contribution in [-0.4, -0.2) is 74.4 Å². The number of anilines is 1. The van der Waals surface area contributed by atoms with Gasteiger partial charge in [-0.25, -0.2) is 13.3 Å². The van der Waals surface area contributed by atoms with Crippen LogP contribution in [0.15, 0.2) is 77.7 Å². The van der Waals surface area contributed by atoms with Crippen LogP contribution in [0, 0.1) is 0 Å². The smallest absolute Gasteiger partial charge is 0.298 e. The standard InChI is InChI=1S/C31H32ClN3O6S2/c1-43(38,39)34-19-17-33(18-20-34)16-2-3-21-40-26-14-8-25(9-15-26)35-30(36)29(42-31(35)37)22-23-4-10-27(11-5-23)41-28-12-6-24(32)7-13-28/h4-15,22H,2-3,16-21H2,1H3. The van der Waals surface area contributed by atoms with Gasteiger partial charge in [-0.1, -0.05) is 23.7 Å². The van der Waals surface area contributed by atoms with Crippen LogP contribution in [0.2, 0.25) is 5.02 Å². The number of nitrogens with zero attached hydrogens (tertiary/aromatic N) is 3. The number of halogens is 1. The van der Waals surface area contributed by atoms with Crippen molar-refractivity contribution in [1.82, 2.24) is 9.21 Å². The number of hydrogen-bond acceptors (Lipinski definition) is 8. The van der Waals surface area contributed by atoms with Gasteiger partial charge in [0.25, 0.3) is 11.1 Å². The Labute approximate surface area is 261 Å². The number of rotatable bonds is 11. The van der Waals surface area contributed by atoms with Crippen molar-refractivity contribution < 1.29 is 27.5 Å². The number of hydrogen-bond donors (Lipinski definition) is 0. The summed E-state index contributed by atoms with van der Waals surface area (Å²) in [7, 11) is -3.11. The van der Waals surface area contributed by atoms with Crippen LogP contribution >= 0.6 is 23.4 Å². The van der Waals surface area contributed by atoms with Gasteiger partial charge >= 0.3 is 0 Å². The fourth-order valence-electron chi connectivity index (χ4n) is 4.72. The second-order valence-electron chi connectivity index (χ2n) is 10.2. The summed E-state index contributed by atoms with van der Waals surface area (Å²) in [6.07, 6.45) is 4.75. The zero-order valence-corrected chi connectivity index (χ0v) is 26.0. The maximum Gasteiger partial charge on any atom is 0.298 e. The number of carbonyl (C=O) groups excluding carboxylic acids is 2. The number of amides is 2. The lowest BCUT2D eigenvalue weighted by atomic mass is 10.2. The molecule has 0 aromatic heterocycles. The highest BCUT2D eigenvalue weighted by Gasteiger charge is 2.36. The second-order valence-corrected chi connectivity index (χ2v) is 13.6. The van der Waals surface area contributed by atoms with Crippen molar-refractivity contribution in [2.24, 2.45) is 0 Å². The van der Waals surface area contributed by atoms with Gasteiger partial charge in [0.1, 0.15) is 17.2 Å². The van der Waals surface area contributed by atoms with E-state index in [2.05, 4.69) is 4.90 Å². The van der Waals surface area contributed by atoms with Crippen molar-refractivity contribution in [3.8, 4) is 17.2 Å². The summed E-state index contributed by atoms with van der Waals surface area (Å²) in [5.41, 5.74) is 1.26. The van der Waals surface area contributed by atoms with Crippen LogP contribution in [0.25, 0.3) is 6.08 Å². The molecular weight excluding hydrogens is 610 g/mol. The molecule has 0 saturated carbocycles. The van der Waals surface area contributed by atoms with E-state index in [9.17, 15) is 18.0 Å². The summed E-state index contributed by atoms with van der Waals surface area (Å²) in [5, 5.41) is 0.273. The molecule has 0 aliphatic carbocycles. The van der Waals surface area contributed by atoms with Crippen molar-refractivity contribution in [1.29, 1.82) is 0 Å². The Morgan fingerprint density at radius 1 is 0.837 bits per heavy atom. The van der Waals surface area contributed by atoms with Gasteiger partial charge in [0.2, 0.25) is 10.0 Å². The molecule has 2 aliphatic rings. The third-order valence-electron chi connectivity index (χ3n) is 7.05. The van der Waals surface area contributed by atoms with Crippen molar-refractivity contribution in [3.05, 3.63) is 88.3 Å². The zero-order chi connectivity index (χ0) is 30.4. The first-order valence-corrected chi connectivity index (χ1v) is 16.9. The number of imide groups is 1. The molecule has 0 spiro atoms. The Kier molecular flexibility index (Phi) is 10.1. The number of thioether (sulfide) groups is 1. The monoisotopic (exact) mass is 641 g/mol. The van der Waals surface area contributed by atoms with E-state index in [1.54, 1.807) is 66.7 Å². The van der Waals surface area contributed by atoms with Gasteiger partial charge in [-0.3, -0.25) is 9.59 Å². The fourth-order valence-corrected chi connectivity index (χ4v) is 6.51. The zero-order valence-electron chi connectivity index (χ0n) is 23.6. The fraction of sp³-hybridized carbons (Fsp3) is 0.290. The first-order chi connectivity index (χ1) is 20.7. The Morgan fingerprint density at radius 2 is 1.44 bits per heavy atom. The van der Waals surface area contributed by atoms with E-state index in [1.165, 1.54) is 15.5 Å². The normalized spacial score (nSPS) is 17.5. The Bertz CT molecular complexity index is 1570. The predicted octanol–water partition coefficient (Wildman–Crippen LogP) is 6.11. The van der Waals surface area contributed by atoms with Crippen molar-refractivity contribution in [2.75, 3.05) is 50.5 Å². The molecule has 2 aliphatic heterocycles.